The Morgan fingerprint density at radius 2 is 1.86 bits per heavy atom. The Kier molecular flexibility index (Phi) is 3.89. The molecule has 1 unspecified atom stereocenters. The number of piperidine rings is 1. The van der Waals surface area contributed by atoms with Crippen LogP contribution in [0.5, 0.6) is 0 Å². The van der Waals surface area contributed by atoms with Crippen molar-refractivity contribution in [2.24, 2.45) is 0 Å². The van der Waals surface area contributed by atoms with Crippen LogP contribution in [0.25, 0.3) is 0 Å². The summed E-state index contributed by atoms with van der Waals surface area (Å²) in [5, 5.41) is 9.21. The molecule has 1 aliphatic carbocycles. The highest BCUT2D eigenvalue weighted by Crippen LogP contribution is 2.39. The van der Waals surface area contributed by atoms with Crippen molar-refractivity contribution in [3.63, 3.8) is 0 Å². The van der Waals surface area contributed by atoms with Crippen molar-refractivity contribution in [3.05, 3.63) is 34.9 Å². The monoisotopic (exact) mass is 382 g/mol. The molecule has 4 amide bonds. The lowest BCUT2D eigenvalue weighted by Crippen LogP contribution is -2.68. The van der Waals surface area contributed by atoms with Crippen molar-refractivity contribution in [3.8, 4) is 0 Å². The summed E-state index contributed by atoms with van der Waals surface area (Å²) < 4.78 is 0. The number of hydrogen-bond donors (Lipinski definition) is 3. The number of rotatable bonds is 4. The lowest BCUT2D eigenvalue weighted by atomic mass is 9.66. The third kappa shape index (κ3) is 2.67. The smallest absolute Gasteiger partial charge is 0.262 e. The Labute approximate surface area is 162 Å². The Bertz CT molecular complexity index is 899. The molecule has 0 bridgehead atoms. The van der Waals surface area contributed by atoms with Crippen LogP contribution in [0.2, 0.25) is 0 Å². The van der Waals surface area contributed by atoms with Gasteiger partial charge in [0, 0.05) is 24.5 Å². The van der Waals surface area contributed by atoms with Crippen LogP contribution in [0.4, 0.5) is 0 Å². The van der Waals surface area contributed by atoms with Gasteiger partial charge in [0.1, 0.15) is 6.04 Å². The minimum Gasteiger partial charge on any atom is -0.311 e. The van der Waals surface area contributed by atoms with Crippen LogP contribution < -0.4 is 16.0 Å². The molecule has 1 aromatic carbocycles. The second kappa shape index (κ2) is 6.22. The second-order valence-electron chi connectivity index (χ2n) is 8.27. The van der Waals surface area contributed by atoms with E-state index in [9.17, 15) is 19.2 Å². The highest BCUT2D eigenvalue weighted by Gasteiger charge is 2.48. The average Bonchev–Trinajstić information content (AvgIpc) is 2.83. The van der Waals surface area contributed by atoms with Gasteiger partial charge in [-0.3, -0.25) is 29.4 Å². The van der Waals surface area contributed by atoms with Gasteiger partial charge < -0.3 is 10.6 Å². The van der Waals surface area contributed by atoms with E-state index >= 15 is 0 Å². The van der Waals surface area contributed by atoms with E-state index in [2.05, 4.69) is 16.0 Å². The molecule has 146 valence electrons. The molecule has 4 aliphatic rings. The predicted molar refractivity (Wildman–Crippen MR) is 98.3 cm³/mol. The summed E-state index contributed by atoms with van der Waals surface area (Å²) in [6, 6.07) is 4.80. The molecular weight excluding hydrogens is 360 g/mol. The van der Waals surface area contributed by atoms with Gasteiger partial charge in [0.2, 0.25) is 11.8 Å². The number of amides is 4. The summed E-state index contributed by atoms with van der Waals surface area (Å²) in [6.07, 6.45) is 3.78. The molecule has 0 radical (unpaired) electrons. The van der Waals surface area contributed by atoms with E-state index < -0.39 is 23.8 Å². The molecule has 3 fully saturated rings. The number of nitrogens with zero attached hydrogens (tertiary/aromatic N) is 1. The first-order chi connectivity index (χ1) is 13.5. The summed E-state index contributed by atoms with van der Waals surface area (Å²) in [4.78, 5) is 50.0. The highest BCUT2D eigenvalue weighted by molar-refractivity contribution is 6.23. The maximum atomic E-state index is 12.8. The van der Waals surface area contributed by atoms with Crippen molar-refractivity contribution in [1.82, 2.24) is 20.9 Å². The van der Waals surface area contributed by atoms with Crippen molar-refractivity contribution < 1.29 is 19.2 Å². The Morgan fingerprint density at radius 3 is 2.54 bits per heavy atom. The molecule has 8 nitrogen and oxygen atoms in total. The number of nitrogens with one attached hydrogen (secondary N) is 3. The second-order valence-corrected chi connectivity index (χ2v) is 8.27. The van der Waals surface area contributed by atoms with Crippen LogP contribution in [0.3, 0.4) is 0 Å². The van der Waals surface area contributed by atoms with Crippen LogP contribution >= 0.6 is 0 Å². The molecule has 3 N–H and O–H groups in total. The minimum atomic E-state index is -0.923. The normalized spacial score (nSPS) is 31.5. The van der Waals surface area contributed by atoms with Gasteiger partial charge in [0.05, 0.1) is 11.1 Å². The van der Waals surface area contributed by atoms with Gasteiger partial charge in [-0.25, -0.2) is 0 Å². The Morgan fingerprint density at radius 1 is 1.11 bits per heavy atom. The van der Waals surface area contributed by atoms with Gasteiger partial charge in [-0.05, 0) is 49.9 Å². The first kappa shape index (κ1) is 17.5. The molecule has 3 aliphatic heterocycles. The van der Waals surface area contributed by atoms with Gasteiger partial charge in [0.25, 0.3) is 11.8 Å². The fraction of sp³-hybridized carbons (Fsp3) is 0.500. The third-order valence-corrected chi connectivity index (χ3v) is 6.48. The fourth-order valence-electron chi connectivity index (χ4n) is 4.75. The number of imide groups is 2. The predicted octanol–water partition coefficient (Wildman–Crippen LogP) is 0.0719. The molecular formula is C20H22N4O4. The summed E-state index contributed by atoms with van der Waals surface area (Å²) >= 11 is 0. The van der Waals surface area contributed by atoms with Gasteiger partial charge in [-0.15, -0.1) is 0 Å². The molecule has 1 aromatic rings. The standard InChI is InChI=1S/C20H22N4O4/c25-16-4-3-15(17(26)23-16)24-18(27)13-2-1-11(7-14(13)19(24)28)10-21-12-8-20(9-12)5-6-22-20/h1-2,7,12,15,21-22H,3-6,8-10H2,(H,23,25,26). The largest absolute Gasteiger partial charge is 0.311 e. The zero-order valence-corrected chi connectivity index (χ0v) is 15.4. The van der Waals surface area contributed by atoms with Crippen LogP contribution in [0.15, 0.2) is 18.2 Å². The lowest BCUT2D eigenvalue weighted by Gasteiger charge is -2.55. The summed E-state index contributed by atoms with van der Waals surface area (Å²) in [5.41, 5.74) is 1.95. The van der Waals surface area contributed by atoms with E-state index in [0.717, 1.165) is 29.8 Å². The summed E-state index contributed by atoms with van der Waals surface area (Å²) in [5.74, 6) is -1.89. The molecule has 5 rings (SSSR count). The van der Waals surface area contributed by atoms with Gasteiger partial charge in [-0.1, -0.05) is 6.07 Å². The number of fused-ring (bicyclic) bond motifs is 1. The maximum absolute atomic E-state index is 12.8. The zero-order chi connectivity index (χ0) is 19.5. The van der Waals surface area contributed by atoms with Crippen LogP contribution in [-0.4, -0.2) is 52.7 Å². The molecule has 3 heterocycles. The van der Waals surface area contributed by atoms with E-state index in [0.29, 0.717) is 29.3 Å². The van der Waals surface area contributed by atoms with Gasteiger partial charge in [0.15, 0.2) is 0 Å². The fourth-order valence-corrected chi connectivity index (χ4v) is 4.75. The van der Waals surface area contributed by atoms with E-state index in [1.807, 2.05) is 6.07 Å². The first-order valence-corrected chi connectivity index (χ1v) is 9.79. The Balaban J connectivity index is 1.28. The first-order valence-electron chi connectivity index (χ1n) is 9.79. The molecule has 8 heteroatoms. The molecule has 0 aromatic heterocycles. The van der Waals surface area contributed by atoms with E-state index in [1.54, 1.807) is 12.1 Å². The topological polar surface area (TPSA) is 108 Å². The SMILES string of the molecule is O=C1CCC(N2C(=O)c3ccc(CNC4CC5(CCN5)C4)cc3C2=O)C(=O)N1. The number of benzene rings is 1. The van der Waals surface area contributed by atoms with Gasteiger partial charge in [-0.2, -0.15) is 0 Å². The van der Waals surface area contributed by atoms with E-state index in [-0.39, 0.29) is 18.7 Å². The van der Waals surface area contributed by atoms with Crippen molar-refractivity contribution in [2.75, 3.05) is 6.54 Å². The highest BCUT2D eigenvalue weighted by atomic mass is 16.2. The van der Waals surface area contributed by atoms with Gasteiger partial charge >= 0.3 is 0 Å². The van der Waals surface area contributed by atoms with E-state index in [1.165, 1.54) is 6.42 Å². The van der Waals surface area contributed by atoms with Crippen molar-refractivity contribution in [2.45, 2.75) is 56.3 Å². The molecule has 2 saturated heterocycles. The van der Waals surface area contributed by atoms with Crippen LogP contribution in [0.1, 0.15) is 58.4 Å². The molecule has 28 heavy (non-hydrogen) atoms. The minimum absolute atomic E-state index is 0.122. The maximum Gasteiger partial charge on any atom is 0.262 e. The molecule has 1 atom stereocenters. The van der Waals surface area contributed by atoms with E-state index in [4.69, 9.17) is 0 Å². The zero-order valence-electron chi connectivity index (χ0n) is 15.4. The number of carbonyl (C=O) groups excluding carboxylic acids is 4. The Hall–Kier alpha value is -2.58. The summed E-state index contributed by atoms with van der Waals surface area (Å²) in [6.45, 7) is 1.74. The summed E-state index contributed by atoms with van der Waals surface area (Å²) in [7, 11) is 0. The molecule has 1 spiro atoms. The lowest BCUT2D eigenvalue weighted by molar-refractivity contribution is -0.136. The van der Waals surface area contributed by atoms with Crippen molar-refractivity contribution in [1.29, 1.82) is 0 Å². The quantitative estimate of drug-likeness (QED) is 0.637. The number of carbonyl (C=O) groups is 4. The van der Waals surface area contributed by atoms with Crippen LogP contribution in [0, 0.1) is 0 Å². The average molecular weight is 382 g/mol. The number of hydrogen-bond acceptors (Lipinski definition) is 6. The van der Waals surface area contributed by atoms with Crippen LogP contribution in [-0.2, 0) is 16.1 Å². The van der Waals surface area contributed by atoms with Crippen molar-refractivity contribution >= 4 is 23.6 Å². The third-order valence-electron chi connectivity index (χ3n) is 6.48. The molecule has 1 saturated carbocycles.